The molecule has 0 bridgehead atoms. The van der Waals surface area contributed by atoms with E-state index in [1.54, 1.807) is 0 Å². The van der Waals surface area contributed by atoms with Crippen molar-refractivity contribution in [2.24, 2.45) is 0 Å². The standard InChI is InChI=1S/C17H23FN2O5S/c1-2-3-7-20(13-6-8-26(23,24)11-13)16(21)10-25-17(22)14-5-4-12(18)9-15(14)19/h4-5,9,13H,2-3,6-8,10-11,19H2,1H3. The number of hydrogen-bond acceptors (Lipinski definition) is 6. The van der Waals surface area contributed by atoms with Gasteiger partial charge in [0.15, 0.2) is 16.4 Å². The molecule has 1 amide bonds. The SMILES string of the molecule is CCCCN(C(=O)COC(=O)c1ccc(F)cc1N)C1CCS(=O)(=O)C1. The van der Waals surface area contributed by atoms with Crippen molar-refractivity contribution in [1.29, 1.82) is 0 Å². The number of halogens is 1. The minimum Gasteiger partial charge on any atom is -0.452 e. The van der Waals surface area contributed by atoms with Crippen LogP contribution in [0.5, 0.6) is 0 Å². The van der Waals surface area contributed by atoms with Crippen LogP contribution in [0.1, 0.15) is 36.5 Å². The van der Waals surface area contributed by atoms with Gasteiger partial charge < -0.3 is 15.4 Å². The van der Waals surface area contributed by atoms with E-state index < -0.39 is 40.2 Å². The van der Waals surface area contributed by atoms with Crippen molar-refractivity contribution >= 4 is 27.4 Å². The van der Waals surface area contributed by atoms with Gasteiger partial charge in [0.2, 0.25) is 0 Å². The number of ether oxygens (including phenoxy) is 1. The van der Waals surface area contributed by atoms with Crippen LogP contribution in [0.15, 0.2) is 18.2 Å². The molecule has 1 unspecified atom stereocenters. The van der Waals surface area contributed by atoms with Gasteiger partial charge in [-0.15, -0.1) is 0 Å². The zero-order valence-corrected chi connectivity index (χ0v) is 15.4. The smallest absolute Gasteiger partial charge is 0.340 e. The van der Waals surface area contributed by atoms with Gasteiger partial charge in [-0.3, -0.25) is 4.79 Å². The van der Waals surface area contributed by atoms with Crippen LogP contribution in [0.3, 0.4) is 0 Å². The second kappa shape index (κ2) is 8.48. The summed E-state index contributed by atoms with van der Waals surface area (Å²) in [5.74, 6) is -1.87. The van der Waals surface area contributed by atoms with Gasteiger partial charge in [0, 0.05) is 18.3 Å². The van der Waals surface area contributed by atoms with E-state index in [0.29, 0.717) is 13.0 Å². The van der Waals surface area contributed by atoms with Gasteiger partial charge in [-0.2, -0.15) is 0 Å². The average Bonchev–Trinajstić information content (AvgIpc) is 2.92. The first-order valence-electron chi connectivity index (χ1n) is 8.45. The van der Waals surface area contributed by atoms with E-state index in [1.807, 2.05) is 6.92 Å². The number of carbonyl (C=O) groups excluding carboxylic acids is 2. The molecule has 1 aromatic rings. The molecule has 2 N–H and O–H groups in total. The fraction of sp³-hybridized carbons (Fsp3) is 0.529. The molecule has 0 saturated carbocycles. The summed E-state index contributed by atoms with van der Waals surface area (Å²) in [5.41, 5.74) is 5.48. The van der Waals surface area contributed by atoms with E-state index >= 15 is 0 Å². The lowest BCUT2D eigenvalue weighted by Gasteiger charge is -2.28. The third-order valence-corrected chi connectivity index (χ3v) is 6.03. The van der Waals surface area contributed by atoms with Gasteiger partial charge in [-0.25, -0.2) is 17.6 Å². The van der Waals surface area contributed by atoms with E-state index in [2.05, 4.69) is 0 Å². The van der Waals surface area contributed by atoms with Crippen molar-refractivity contribution in [2.75, 3.05) is 30.4 Å². The highest BCUT2D eigenvalue weighted by atomic mass is 32.2. The molecule has 0 aliphatic carbocycles. The maximum Gasteiger partial charge on any atom is 0.340 e. The van der Waals surface area contributed by atoms with Crippen LogP contribution >= 0.6 is 0 Å². The molecule has 9 heteroatoms. The number of rotatable bonds is 7. The summed E-state index contributed by atoms with van der Waals surface area (Å²) in [5, 5.41) is 0. The quantitative estimate of drug-likeness (QED) is 0.560. The first kappa shape index (κ1) is 20.2. The zero-order chi connectivity index (χ0) is 19.3. The van der Waals surface area contributed by atoms with Crippen LogP contribution in [0.25, 0.3) is 0 Å². The highest BCUT2D eigenvalue weighted by Gasteiger charge is 2.34. The molecule has 1 aliphatic rings. The lowest BCUT2D eigenvalue weighted by molar-refractivity contribution is -0.136. The molecular formula is C17H23FN2O5S. The lowest BCUT2D eigenvalue weighted by atomic mass is 10.2. The number of nitrogens with two attached hydrogens (primary N) is 1. The number of esters is 1. The summed E-state index contributed by atoms with van der Waals surface area (Å²) in [7, 11) is -3.14. The number of benzene rings is 1. The third-order valence-electron chi connectivity index (χ3n) is 4.28. The molecule has 0 spiro atoms. The van der Waals surface area contributed by atoms with Gasteiger partial charge in [0.25, 0.3) is 5.91 Å². The minimum atomic E-state index is -3.14. The second-order valence-electron chi connectivity index (χ2n) is 6.31. The van der Waals surface area contributed by atoms with Crippen LogP contribution in [0.2, 0.25) is 0 Å². The molecule has 2 rings (SSSR count). The molecule has 26 heavy (non-hydrogen) atoms. The summed E-state index contributed by atoms with van der Waals surface area (Å²) in [4.78, 5) is 26.0. The number of nitrogens with zero attached hydrogens (tertiary/aromatic N) is 1. The van der Waals surface area contributed by atoms with Crippen molar-refractivity contribution in [2.45, 2.75) is 32.2 Å². The summed E-state index contributed by atoms with van der Waals surface area (Å²) >= 11 is 0. The van der Waals surface area contributed by atoms with Crippen LogP contribution in [-0.2, 0) is 19.4 Å². The molecule has 7 nitrogen and oxygen atoms in total. The first-order valence-corrected chi connectivity index (χ1v) is 10.3. The van der Waals surface area contributed by atoms with E-state index in [-0.39, 0.29) is 22.8 Å². The van der Waals surface area contributed by atoms with Crippen molar-refractivity contribution in [1.82, 2.24) is 4.90 Å². The fourth-order valence-corrected chi connectivity index (χ4v) is 4.60. The minimum absolute atomic E-state index is 0.0252. The van der Waals surface area contributed by atoms with Gasteiger partial charge >= 0.3 is 5.97 Å². The Kier molecular flexibility index (Phi) is 6.57. The number of nitrogen functional groups attached to an aromatic ring is 1. The molecular weight excluding hydrogens is 363 g/mol. The molecule has 1 fully saturated rings. The molecule has 1 heterocycles. The van der Waals surface area contributed by atoms with Crippen LogP contribution < -0.4 is 5.73 Å². The lowest BCUT2D eigenvalue weighted by Crippen LogP contribution is -2.43. The Bertz CT molecular complexity index is 781. The van der Waals surface area contributed by atoms with Gasteiger partial charge in [0.05, 0.1) is 17.1 Å². The number of anilines is 1. The summed E-state index contributed by atoms with van der Waals surface area (Å²) in [6.45, 7) is 1.85. The van der Waals surface area contributed by atoms with E-state index in [0.717, 1.165) is 25.0 Å². The molecule has 144 valence electrons. The Morgan fingerprint density at radius 2 is 2.12 bits per heavy atom. The largest absolute Gasteiger partial charge is 0.452 e. The van der Waals surface area contributed by atoms with Crippen LogP contribution in [-0.4, -0.2) is 55.9 Å². The zero-order valence-electron chi connectivity index (χ0n) is 14.6. The maximum absolute atomic E-state index is 13.0. The van der Waals surface area contributed by atoms with Crippen molar-refractivity contribution in [3.8, 4) is 0 Å². The molecule has 1 saturated heterocycles. The molecule has 0 aromatic heterocycles. The maximum atomic E-state index is 13.0. The molecule has 1 aromatic carbocycles. The predicted molar refractivity (Wildman–Crippen MR) is 94.8 cm³/mol. The Hall–Kier alpha value is -2.16. The number of unbranched alkanes of at least 4 members (excludes halogenated alkanes) is 1. The van der Waals surface area contributed by atoms with Gasteiger partial charge in [-0.1, -0.05) is 13.3 Å². The number of hydrogen-bond donors (Lipinski definition) is 1. The van der Waals surface area contributed by atoms with E-state index in [4.69, 9.17) is 10.5 Å². The highest BCUT2D eigenvalue weighted by molar-refractivity contribution is 7.91. The topological polar surface area (TPSA) is 107 Å². The van der Waals surface area contributed by atoms with Crippen molar-refractivity contribution in [3.05, 3.63) is 29.6 Å². The average molecular weight is 386 g/mol. The second-order valence-corrected chi connectivity index (χ2v) is 8.53. The van der Waals surface area contributed by atoms with Gasteiger partial charge in [0.1, 0.15) is 5.82 Å². The Morgan fingerprint density at radius 3 is 2.69 bits per heavy atom. The van der Waals surface area contributed by atoms with E-state index in [1.165, 1.54) is 11.0 Å². The van der Waals surface area contributed by atoms with Crippen LogP contribution in [0, 0.1) is 5.82 Å². The predicted octanol–water partition coefficient (Wildman–Crippen LogP) is 1.38. The Balaban J connectivity index is 2.01. The first-order chi connectivity index (χ1) is 12.2. The molecule has 1 atom stereocenters. The third kappa shape index (κ3) is 5.17. The summed E-state index contributed by atoms with van der Waals surface area (Å²) < 4.78 is 41.4. The Morgan fingerprint density at radius 1 is 1.38 bits per heavy atom. The van der Waals surface area contributed by atoms with Crippen molar-refractivity contribution in [3.63, 3.8) is 0 Å². The van der Waals surface area contributed by atoms with E-state index in [9.17, 15) is 22.4 Å². The monoisotopic (exact) mass is 386 g/mol. The molecule has 0 radical (unpaired) electrons. The fourth-order valence-electron chi connectivity index (χ4n) is 2.87. The summed E-state index contributed by atoms with van der Waals surface area (Å²) in [6, 6.07) is 2.87. The van der Waals surface area contributed by atoms with Crippen molar-refractivity contribution < 1.29 is 27.1 Å². The number of amides is 1. The normalized spacial score (nSPS) is 18.5. The van der Waals surface area contributed by atoms with Crippen LogP contribution in [0.4, 0.5) is 10.1 Å². The van der Waals surface area contributed by atoms with Gasteiger partial charge in [-0.05, 0) is 31.0 Å². The number of sulfone groups is 1. The highest BCUT2D eigenvalue weighted by Crippen LogP contribution is 2.19. The Labute approximate surface area is 152 Å². The molecule has 1 aliphatic heterocycles. The summed E-state index contributed by atoms with van der Waals surface area (Å²) in [6.07, 6.45) is 1.95. The number of carbonyl (C=O) groups is 2.